The van der Waals surface area contributed by atoms with E-state index in [-0.39, 0.29) is 12.0 Å². The number of hydrogen-bond donors (Lipinski definition) is 0. The molecule has 0 N–H and O–H groups in total. The molecule has 1 amide bonds. The molecule has 1 aromatic carbocycles. The fraction of sp³-hybridized carbons (Fsp3) is 0.312. The Morgan fingerprint density at radius 3 is 2.84 bits per heavy atom. The summed E-state index contributed by atoms with van der Waals surface area (Å²) < 4.78 is 4.97. The van der Waals surface area contributed by atoms with Crippen molar-refractivity contribution in [1.82, 2.24) is 4.90 Å². The molecule has 3 nitrogen and oxygen atoms in total. The molecular weight excluding hydrogens is 238 g/mol. The van der Waals surface area contributed by atoms with Crippen LogP contribution in [0.5, 0.6) is 0 Å². The van der Waals surface area contributed by atoms with Gasteiger partial charge in [0.15, 0.2) is 0 Å². The second-order valence-electron chi connectivity index (χ2n) is 4.87. The van der Waals surface area contributed by atoms with Crippen molar-refractivity contribution >= 4 is 6.09 Å². The van der Waals surface area contributed by atoms with Crippen LogP contribution >= 0.6 is 0 Å². The number of hydrogen-bond acceptors (Lipinski definition) is 2. The Labute approximate surface area is 113 Å². The topological polar surface area (TPSA) is 29.5 Å². The van der Waals surface area contributed by atoms with Crippen molar-refractivity contribution in [1.29, 1.82) is 0 Å². The summed E-state index contributed by atoms with van der Waals surface area (Å²) in [6.07, 6.45) is 8.24. The molecule has 2 aliphatic rings. The van der Waals surface area contributed by atoms with Gasteiger partial charge in [-0.25, -0.2) is 4.79 Å². The Balaban J connectivity index is 1.89. The molecule has 1 atom stereocenters. The molecule has 1 saturated heterocycles. The fourth-order valence-corrected chi connectivity index (χ4v) is 2.61. The van der Waals surface area contributed by atoms with Gasteiger partial charge in [0.1, 0.15) is 6.61 Å². The molecule has 19 heavy (non-hydrogen) atoms. The van der Waals surface area contributed by atoms with E-state index in [0.717, 1.165) is 12.8 Å². The fourth-order valence-electron chi connectivity index (χ4n) is 2.61. The van der Waals surface area contributed by atoms with Gasteiger partial charge in [-0.05, 0) is 24.0 Å². The summed E-state index contributed by atoms with van der Waals surface area (Å²) >= 11 is 0. The van der Waals surface area contributed by atoms with Gasteiger partial charge in [-0.2, -0.15) is 0 Å². The minimum Gasteiger partial charge on any atom is -0.447 e. The number of carbonyl (C=O) groups is 1. The zero-order chi connectivity index (χ0) is 13.1. The first-order chi connectivity index (χ1) is 9.34. The number of rotatable bonds is 2. The van der Waals surface area contributed by atoms with Crippen LogP contribution in [-0.4, -0.2) is 24.1 Å². The average molecular weight is 255 g/mol. The van der Waals surface area contributed by atoms with Crippen molar-refractivity contribution in [3.05, 3.63) is 59.8 Å². The lowest BCUT2D eigenvalue weighted by Crippen LogP contribution is -2.19. The molecule has 0 spiro atoms. The van der Waals surface area contributed by atoms with Gasteiger partial charge < -0.3 is 4.74 Å². The zero-order valence-electron chi connectivity index (χ0n) is 10.8. The first kappa shape index (κ1) is 12.0. The highest BCUT2D eigenvalue weighted by Gasteiger charge is 2.23. The summed E-state index contributed by atoms with van der Waals surface area (Å²) in [6, 6.07) is 10.4. The van der Waals surface area contributed by atoms with Crippen LogP contribution in [-0.2, 0) is 4.74 Å². The maximum atomic E-state index is 11.5. The van der Waals surface area contributed by atoms with Crippen LogP contribution in [0.25, 0.3) is 0 Å². The Morgan fingerprint density at radius 2 is 2.11 bits per heavy atom. The number of ether oxygens (including phenoxy) is 1. The standard InChI is InChI=1S/C16H17NO2/c18-16-17(10-11-19-16)12-14-8-4-5-9-15(14)13-6-2-1-3-7-13/h1-3,5-7,9,12,15H,4,8,10-11H2/b14-12-/t15-/m0/s1. The molecule has 1 fully saturated rings. The zero-order valence-corrected chi connectivity index (χ0v) is 10.8. The quantitative estimate of drug-likeness (QED) is 0.757. The number of allylic oxidation sites excluding steroid dienone is 3. The highest BCUT2D eigenvalue weighted by Crippen LogP contribution is 2.33. The third-order valence-corrected chi connectivity index (χ3v) is 3.60. The monoisotopic (exact) mass is 255 g/mol. The van der Waals surface area contributed by atoms with E-state index < -0.39 is 0 Å². The molecule has 3 heteroatoms. The molecule has 98 valence electrons. The Bertz CT molecular complexity index is 519. The van der Waals surface area contributed by atoms with Crippen molar-refractivity contribution in [2.24, 2.45) is 0 Å². The lowest BCUT2D eigenvalue weighted by molar-refractivity contribution is 0.166. The number of amides is 1. The van der Waals surface area contributed by atoms with Crippen LogP contribution in [0.3, 0.4) is 0 Å². The summed E-state index contributed by atoms with van der Waals surface area (Å²) in [6.45, 7) is 1.15. The van der Waals surface area contributed by atoms with Gasteiger partial charge in [0, 0.05) is 12.1 Å². The highest BCUT2D eigenvalue weighted by atomic mass is 16.6. The largest absolute Gasteiger partial charge is 0.447 e. The van der Waals surface area contributed by atoms with Crippen LogP contribution in [0.15, 0.2) is 54.3 Å². The molecule has 0 bridgehead atoms. The molecule has 1 aromatic rings. The van der Waals surface area contributed by atoms with Gasteiger partial charge in [-0.1, -0.05) is 42.5 Å². The number of nitrogens with zero attached hydrogens (tertiary/aromatic N) is 1. The van der Waals surface area contributed by atoms with Crippen LogP contribution < -0.4 is 0 Å². The number of carbonyl (C=O) groups excluding carboxylic acids is 1. The van der Waals surface area contributed by atoms with E-state index in [1.54, 1.807) is 4.90 Å². The maximum absolute atomic E-state index is 11.5. The molecular formula is C16H17NO2. The van der Waals surface area contributed by atoms with Gasteiger partial charge in [-0.3, -0.25) is 4.90 Å². The van der Waals surface area contributed by atoms with Crippen molar-refractivity contribution in [3.8, 4) is 0 Å². The number of benzene rings is 1. The van der Waals surface area contributed by atoms with Gasteiger partial charge in [0.2, 0.25) is 0 Å². The van der Waals surface area contributed by atoms with Crippen LogP contribution in [0.2, 0.25) is 0 Å². The van der Waals surface area contributed by atoms with Crippen LogP contribution in [0, 0.1) is 0 Å². The summed E-state index contributed by atoms with van der Waals surface area (Å²) in [5.74, 6) is 0.281. The Kier molecular flexibility index (Phi) is 3.36. The smallest absolute Gasteiger partial charge is 0.413 e. The first-order valence-electron chi connectivity index (χ1n) is 6.70. The minimum atomic E-state index is -0.228. The second-order valence-corrected chi connectivity index (χ2v) is 4.87. The molecule has 1 aliphatic heterocycles. The van der Waals surface area contributed by atoms with E-state index in [1.807, 2.05) is 12.3 Å². The SMILES string of the molecule is O=C1OCCN1/C=C1/CCC=C[C@H]1c1ccccc1. The predicted octanol–water partition coefficient (Wildman–Crippen LogP) is 3.46. The summed E-state index contributed by atoms with van der Waals surface area (Å²) in [7, 11) is 0. The second kappa shape index (κ2) is 5.31. The van der Waals surface area contributed by atoms with Gasteiger partial charge in [-0.15, -0.1) is 0 Å². The Morgan fingerprint density at radius 1 is 1.26 bits per heavy atom. The summed E-state index contributed by atoms with van der Waals surface area (Å²) in [5, 5.41) is 0. The summed E-state index contributed by atoms with van der Waals surface area (Å²) in [4.78, 5) is 13.2. The lowest BCUT2D eigenvalue weighted by atomic mass is 9.85. The minimum absolute atomic E-state index is 0.228. The summed E-state index contributed by atoms with van der Waals surface area (Å²) in [5.41, 5.74) is 2.56. The maximum Gasteiger partial charge on any atom is 0.413 e. The van der Waals surface area contributed by atoms with Crippen molar-refractivity contribution < 1.29 is 9.53 Å². The Hall–Kier alpha value is -2.03. The van der Waals surface area contributed by atoms with E-state index in [4.69, 9.17) is 4.74 Å². The highest BCUT2D eigenvalue weighted by molar-refractivity contribution is 5.70. The molecule has 0 radical (unpaired) electrons. The molecule has 1 aliphatic carbocycles. The van der Waals surface area contributed by atoms with Gasteiger partial charge >= 0.3 is 6.09 Å². The third-order valence-electron chi connectivity index (χ3n) is 3.60. The number of cyclic esters (lactones) is 1. The molecule has 0 aromatic heterocycles. The van der Waals surface area contributed by atoms with Crippen LogP contribution in [0.4, 0.5) is 4.79 Å². The molecule has 3 rings (SSSR count). The van der Waals surface area contributed by atoms with Crippen molar-refractivity contribution in [2.75, 3.05) is 13.2 Å². The van der Waals surface area contributed by atoms with Gasteiger partial charge in [0.25, 0.3) is 0 Å². The molecule has 1 heterocycles. The van der Waals surface area contributed by atoms with E-state index >= 15 is 0 Å². The predicted molar refractivity (Wildman–Crippen MR) is 73.7 cm³/mol. The first-order valence-corrected chi connectivity index (χ1v) is 6.70. The van der Waals surface area contributed by atoms with E-state index in [1.165, 1.54) is 11.1 Å². The van der Waals surface area contributed by atoms with E-state index in [9.17, 15) is 4.79 Å². The average Bonchev–Trinajstić information content (AvgIpc) is 2.86. The van der Waals surface area contributed by atoms with Crippen molar-refractivity contribution in [3.63, 3.8) is 0 Å². The molecule has 0 saturated carbocycles. The lowest BCUT2D eigenvalue weighted by Gasteiger charge is -2.22. The van der Waals surface area contributed by atoms with E-state index in [2.05, 4.69) is 36.4 Å². The normalized spacial score (nSPS) is 24.8. The van der Waals surface area contributed by atoms with Crippen LogP contribution in [0.1, 0.15) is 24.3 Å². The van der Waals surface area contributed by atoms with Gasteiger partial charge in [0.05, 0.1) is 6.54 Å². The van der Waals surface area contributed by atoms with E-state index in [0.29, 0.717) is 13.2 Å². The third kappa shape index (κ3) is 2.55. The molecule has 0 unspecified atom stereocenters. The van der Waals surface area contributed by atoms with Crippen molar-refractivity contribution in [2.45, 2.75) is 18.8 Å².